The van der Waals surface area contributed by atoms with Gasteiger partial charge in [0.2, 0.25) is 0 Å². The van der Waals surface area contributed by atoms with Gasteiger partial charge in [-0.25, -0.2) is 0 Å². The number of rotatable bonds is 28. The molecule has 0 N–H and O–H groups in total. The number of allylic oxidation sites excluding steroid dienone is 2. The first kappa shape index (κ1) is 39.7. The van der Waals surface area contributed by atoms with E-state index >= 15 is 0 Å². The Kier molecular flexibility index (Phi) is 25.0. The molecule has 0 aromatic carbocycles. The fraction of sp³-hybridized carbons (Fsp3) is 0.897. The highest BCUT2D eigenvalue weighted by molar-refractivity contribution is 5.83. The molecule has 252 valence electrons. The number of hydrogen-bond donors (Lipinski definition) is 0. The molecule has 0 fully saturated rings. The molecule has 0 radical (unpaired) electrons. The highest BCUT2D eigenvalue weighted by atomic mass is 16.5. The first-order chi connectivity index (χ1) is 20.8. The van der Waals surface area contributed by atoms with Crippen molar-refractivity contribution < 1.29 is 19.1 Å². The van der Waals surface area contributed by atoms with E-state index in [9.17, 15) is 9.59 Å². The molecular weight excluding hydrogens is 532 g/mol. The fourth-order valence-corrected chi connectivity index (χ4v) is 6.27. The lowest BCUT2D eigenvalue weighted by molar-refractivity contribution is -0.161. The number of carbonyl (C=O) groups excluding carboxylic acids is 2. The SMILES string of the molecule is CC1=CCC(C(=O)OCCCCCCCCCCCCC(C)C)C(C(=O)OCCCCCCCCCCCCC(C)C)C1. The Balaban J connectivity index is 2.08. The molecule has 0 amide bonds. The van der Waals surface area contributed by atoms with Gasteiger partial charge in [0.05, 0.1) is 25.0 Å². The molecule has 0 aromatic heterocycles. The first-order valence-corrected chi connectivity index (χ1v) is 18.8. The molecular formula is C39H72O4. The van der Waals surface area contributed by atoms with Crippen molar-refractivity contribution >= 4 is 11.9 Å². The van der Waals surface area contributed by atoms with Gasteiger partial charge in [-0.15, -0.1) is 0 Å². The molecule has 0 heterocycles. The third kappa shape index (κ3) is 22.8. The van der Waals surface area contributed by atoms with Crippen LogP contribution in [0, 0.1) is 23.7 Å². The summed E-state index contributed by atoms with van der Waals surface area (Å²) < 4.78 is 11.3. The van der Waals surface area contributed by atoms with Crippen molar-refractivity contribution in [1.29, 1.82) is 0 Å². The summed E-state index contributed by atoms with van der Waals surface area (Å²) in [5.41, 5.74) is 1.17. The molecule has 0 spiro atoms. The third-order valence-corrected chi connectivity index (χ3v) is 9.19. The van der Waals surface area contributed by atoms with Crippen LogP contribution in [0.2, 0.25) is 0 Å². The van der Waals surface area contributed by atoms with Gasteiger partial charge < -0.3 is 9.47 Å². The summed E-state index contributed by atoms with van der Waals surface area (Å²) in [5, 5.41) is 0. The minimum absolute atomic E-state index is 0.216. The van der Waals surface area contributed by atoms with Crippen molar-refractivity contribution in [3.63, 3.8) is 0 Å². The van der Waals surface area contributed by atoms with Gasteiger partial charge in [-0.3, -0.25) is 9.59 Å². The van der Waals surface area contributed by atoms with E-state index in [1.165, 1.54) is 121 Å². The van der Waals surface area contributed by atoms with E-state index in [1.807, 2.05) is 6.92 Å². The van der Waals surface area contributed by atoms with Crippen molar-refractivity contribution in [3.8, 4) is 0 Å². The van der Waals surface area contributed by atoms with E-state index in [4.69, 9.17) is 9.47 Å². The van der Waals surface area contributed by atoms with Crippen molar-refractivity contribution in [2.24, 2.45) is 23.7 Å². The van der Waals surface area contributed by atoms with E-state index in [0.717, 1.165) is 37.5 Å². The normalized spacial score (nSPS) is 17.0. The highest BCUT2D eigenvalue weighted by Crippen LogP contribution is 2.32. The average molecular weight is 605 g/mol. The molecule has 4 nitrogen and oxygen atoms in total. The van der Waals surface area contributed by atoms with E-state index in [0.29, 0.717) is 26.1 Å². The molecule has 0 saturated heterocycles. The van der Waals surface area contributed by atoms with E-state index in [-0.39, 0.29) is 11.9 Å². The van der Waals surface area contributed by atoms with Crippen LogP contribution in [0.15, 0.2) is 11.6 Å². The topological polar surface area (TPSA) is 52.6 Å². The monoisotopic (exact) mass is 605 g/mol. The van der Waals surface area contributed by atoms with Gasteiger partial charge in [-0.1, -0.05) is 168 Å². The van der Waals surface area contributed by atoms with Crippen LogP contribution in [-0.2, 0) is 19.1 Å². The van der Waals surface area contributed by atoms with Crippen LogP contribution < -0.4 is 0 Å². The Morgan fingerprint density at radius 3 is 1.26 bits per heavy atom. The first-order valence-electron chi connectivity index (χ1n) is 18.8. The Bertz CT molecular complexity index is 710. The lowest BCUT2D eigenvalue weighted by atomic mass is 9.80. The van der Waals surface area contributed by atoms with Gasteiger partial charge in [-0.05, 0) is 44.4 Å². The second kappa shape index (κ2) is 27.0. The Labute approximate surface area is 267 Å². The molecule has 0 bridgehead atoms. The summed E-state index contributed by atoms with van der Waals surface area (Å²) in [6.45, 7) is 12.2. The molecule has 0 saturated carbocycles. The zero-order chi connectivity index (χ0) is 31.5. The maximum absolute atomic E-state index is 12.9. The maximum Gasteiger partial charge on any atom is 0.310 e. The Hall–Kier alpha value is -1.32. The lowest BCUT2D eigenvalue weighted by Gasteiger charge is -2.27. The quantitative estimate of drug-likeness (QED) is 0.0506. The number of carbonyl (C=O) groups is 2. The maximum atomic E-state index is 12.9. The predicted molar refractivity (Wildman–Crippen MR) is 183 cm³/mol. The van der Waals surface area contributed by atoms with Crippen molar-refractivity contribution in [1.82, 2.24) is 0 Å². The van der Waals surface area contributed by atoms with Crippen molar-refractivity contribution in [2.75, 3.05) is 13.2 Å². The van der Waals surface area contributed by atoms with E-state index < -0.39 is 11.8 Å². The van der Waals surface area contributed by atoms with Gasteiger partial charge in [-0.2, -0.15) is 0 Å². The van der Waals surface area contributed by atoms with Gasteiger partial charge in [0.15, 0.2) is 0 Å². The van der Waals surface area contributed by atoms with Crippen LogP contribution in [0.25, 0.3) is 0 Å². The molecule has 1 aliphatic rings. The van der Waals surface area contributed by atoms with E-state index in [2.05, 4.69) is 33.8 Å². The predicted octanol–water partition coefficient (Wildman–Crippen LogP) is 11.9. The van der Waals surface area contributed by atoms with Crippen LogP contribution in [0.1, 0.15) is 189 Å². The van der Waals surface area contributed by atoms with Crippen LogP contribution in [0.3, 0.4) is 0 Å². The minimum atomic E-state index is -0.401. The highest BCUT2D eigenvalue weighted by Gasteiger charge is 2.37. The van der Waals surface area contributed by atoms with Crippen LogP contribution in [0.5, 0.6) is 0 Å². The summed E-state index contributed by atoms with van der Waals surface area (Å²) in [4.78, 5) is 25.8. The molecule has 4 heteroatoms. The smallest absolute Gasteiger partial charge is 0.310 e. The van der Waals surface area contributed by atoms with Gasteiger partial charge in [0.1, 0.15) is 0 Å². The van der Waals surface area contributed by atoms with Gasteiger partial charge in [0, 0.05) is 0 Å². The summed E-state index contributed by atoms with van der Waals surface area (Å²) in [6.07, 6.45) is 31.4. The van der Waals surface area contributed by atoms with Crippen molar-refractivity contribution in [3.05, 3.63) is 11.6 Å². The lowest BCUT2D eigenvalue weighted by Crippen LogP contribution is -2.34. The number of esters is 2. The Morgan fingerprint density at radius 1 is 0.558 bits per heavy atom. The summed E-state index contributed by atoms with van der Waals surface area (Å²) in [6, 6.07) is 0. The summed E-state index contributed by atoms with van der Waals surface area (Å²) >= 11 is 0. The van der Waals surface area contributed by atoms with Gasteiger partial charge >= 0.3 is 11.9 Å². The number of unbranched alkanes of at least 4 members (excludes halogenated alkanes) is 18. The molecule has 0 aliphatic heterocycles. The number of hydrogen-bond acceptors (Lipinski definition) is 4. The molecule has 0 aromatic rings. The number of ether oxygens (including phenoxy) is 2. The van der Waals surface area contributed by atoms with Crippen molar-refractivity contribution in [2.45, 2.75) is 189 Å². The van der Waals surface area contributed by atoms with Crippen LogP contribution in [0.4, 0.5) is 0 Å². The fourth-order valence-electron chi connectivity index (χ4n) is 6.27. The molecule has 2 unspecified atom stereocenters. The zero-order valence-electron chi connectivity index (χ0n) is 29.4. The average Bonchev–Trinajstić information content (AvgIpc) is 2.97. The molecule has 1 aliphatic carbocycles. The Morgan fingerprint density at radius 2 is 0.884 bits per heavy atom. The zero-order valence-corrected chi connectivity index (χ0v) is 29.4. The second-order valence-corrected chi connectivity index (χ2v) is 14.5. The molecule has 43 heavy (non-hydrogen) atoms. The van der Waals surface area contributed by atoms with Crippen LogP contribution >= 0.6 is 0 Å². The summed E-state index contributed by atoms with van der Waals surface area (Å²) in [5.74, 6) is 0.439. The largest absolute Gasteiger partial charge is 0.465 e. The van der Waals surface area contributed by atoms with E-state index in [1.54, 1.807) is 0 Å². The second-order valence-electron chi connectivity index (χ2n) is 14.5. The molecule has 1 rings (SSSR count). The van der Waals surface area contributed by atoms with Crippen LogP contribution in [-0.4, -0.2) is 25.2 Å². The third-order valence-electron chi connectivity index (χ3n) is 9.19. The summed E-state index contributed by atoms with van der Waals surface area (Å²) in [7, 11) is 0. The van der Waals surface area contributed by atoms with Gasteiger partial charge in [0.25, 0.3) is 0 Å². The molecule has 2 atom stereocenters. The minimum Gasteiger partial charge on any atom is -0.465 e. The standard InChI is InChI=1S/C39H72O4/c1-33(2)26-22-18-14-10-6-8-12-16-20-24-30-42-38(40)36-29-28-35(5)32-37(36)39(41)43-31-25-21-17-13-9-7-11-15-19-23-27-34(3)4/h28,33-34,36-37H,6-27,29-32H2,1-5H3.